The second-order valence-corrected chi connectivity index (χ2v) is 5.22. The van der Waals surface area contributed by atoms with E-state index in [2.05, 4.69) is 40.6 Å². The van der Waals surface area contributed by atoms with Gasteiger partial charge in [-0.05, 0) is 56.4 Å². The molecule has 0 spiro atoms. The van der Waals surface area contributed by atoms with Crippen molar-refractivity contribution < 1.29 is 0 Å². The molecule has 0 amide bonds. The van der Waals surface area contributed by atoms with E-state index >= 15 is 0 Å². The Labute approximate surface area is 107 Å². The first-order valence-corrected chi connectivity index (χ1v) is 6.67. The van der Waals surface area contributed by atoms with Gasteiger partial charge in [-0.2, -0.15) is 0 Å². The van der Waals surface area contributed by atoms with Crippen LogP contribution in [0.5, 0.6) is 0 Å². The van der Waals surface area contributed by atoms with Crippen molar-refractivity contribution in [2.75, 3.05) is 23.8 Å². The molecule has 96 valence electrons. The Morgan fingerprint density at radius 2 is 1.72 bits per heavy atom. The normalized spacial score (nSPS) is 16.4. The topological polar surface area (TPSA) is 47.1 Å². The number of aromatic nitrogens is 2. The number of fused-ring (bicyclic) bond motifs is 1. The maximum Gasteiger partial charge on any atom is 0.220 e. The number of nitrogens with two attached hydrogens (primary N) is 1. The van der Waals surface area contributed by atoms with Crippen LogP contribution in [0.1, 0.15) is 30.4 Å². The van der Waals surface area contributed by atoms with E-state index in [0.717, 1.165) is 24.1 Å². The van der Waals surface area contributed by atoms with Crippen molar-refractivity contribution in [2.45, 2.75) is 33.1 Å². The zero-order valence-corrected chi connectivity index (χ0v) is 11.1. The Hall–Kier alpha value is -1.71. The summed E-state index contributed by atoms with van der Waals surface area (Å²) in [4.78, 5) is 4.49. The fraction of sp³-hybridized carbons (Fsp3) is 0.500. The first-order valence-electron chi connectivity index (χ1n) is 6.67. The zero-order chi connectivity index (χ0) is 12.7. The number of imidazole rings is 1. The highest BCUT2D eigenvalue weighted by atomic mass is 15.6. The number of anilines is 1. The number of hydrogen-bond donors (Lipinski definition) is 1. The average molecular weight is 244 g/mol. The van der Waals surface area contributed by atoms with E-state index in [1.165, 1.54) is 30.4 Å². The zero-order valence-electron chi connectivity index (χ0n) is 11.1. The lowest BCUT2D eigenvalue weighted by molar-refractivity contribution is 0.489. The number of piperidine rings is 1. The van der Waals surface area contributed by atoms with E-state index < -0.39 is 0 Å². The lowest BCUT2D eigenvalue weighted by Crippen LogP contribution is -2.39. The molecule has 1 aromatic carbocycles. The molecule has 1 saturated heterocycles. The van der Waals surface area contributed by atoms with E-state index in [1.54, 1.807) is 0 Å². The van der Waals surface area contributed by atoms with E-state index in [1.807, 2.05) is 0 Å². The van der Waals surface area contributed by atoms with Gasteiger partial charge in [0.25, 0.3) is 0 Å². The molecule has 0 radical (unpaired) electrons. The van der Waals surface area contributed by atoms with Gasteiger partial charge in [0.15, 0.2) is 0 Å². The molecule has 2 aromatic rings. The minimum absolute atomic E-state index is 0.608. The Balaban J connectivity index is 2.15. The van der Waals surface area contributed by atoms with Gasteiger partial charge in [0.05, 0.1) is 11.0 Å². The van der Waals surface area contributed by atoms with Gasteiger partial charge in [0, 0.05) is 13.1 Å². The minimum atomic E-state index is 0.608. The monoisotopic (exact) mass is 244 g/mol. The third-order valence-electron chi connectivity index (χ3n) is 3.89. The number of hydrogen-bond acceptors (Lipinski definition) is 3. The number of aryl methyl sites for hydroxylation is 2. The summed E-state index contributed by atoms with van der Waals surface area (Å²) < 4.78 is 2.10. The molecule has 1 aliphatic heterocycles. The molecule has 0 unspecified atom stereocenters. The third-order valence-corrected chi connectivity index (χ3v) is 3.89. The molecular weight excluding hydrogens is 224 g/mol. The van der Waals surface area contributed by atoms with E-state index in [4.69, 9.17) is 5.73 Å². The predicted octanol–water partition coefficient (Wildman–Crippen LogP) is 2.36. The number of rotatable bonds is 1. The summed E-state index contributed by atoms with van der Waals surface area (Å²) in [7, 11) is 0. The van der Waals surface area contributed by atoms with Crippen molar-refractivity contribution in [3.8, 4) is 0 Å². The molecule has 0 aliphatic carbocycles. The third kappa shape index (κ3) is 1.72. The summed E-state index contributed by atoms with van der Waals surface area (Å²) >= 11 is 0. The highest BCUT2D eigenvalue weighted by molar-refractivity contribution is 5.80. The van der Waals surface area contributed by atoms with Crippen molar-refractivity contribution in [3.05, 3.63) is 23.3 Å². The van der Waals surface area contributed by atoms with Crippen LogP contribution in [-0.4, -0.2) is 22.7 Å². The van der Waals surface area contributed by atoms with Crippen LogP contribution < -0.4 is 10.7 Å². The van der Waals surface area contributed by atoms with Gasteiger partial charge in [0.2, 0.25) is 5.95 Å². The Morgan fingerprint density at radius 1 is 1.06 bits per heavy atom. The van der Waals surface area contributed by atoms with Gasteiger partial charge in [0.1, 0.15) is 0 Å². The second-order valence-electron chi connectivity index (χ2n) is 5.22. The average Bonchev–Trinajstić information content (AvgIpc) is 2.66. The lowest BCUT2D eigenvalue weighted by Gasteiger charge is -2.30. The Kier molecular flexibility index (Phi) is 2.65. The van der Waals surface area contributed by atoms with Crippen LogP contribution >= 0.6 is 0 Å². The van der Waals surface area contributed by atoms with Crippen LogP contribution in [0.25, 0.3) is 11.0 Å². The van der Waals surface area contributed by atoms with Crippen LogP contribution in [0.15, 0.2) is 12.1 Å². The molecule has 0 atom stereocenters. The number of nitrogens with zero attached hydrogens (tertiary/aromatic N) is 3. The molecular formula is C14H20N4. The first-order chi connectivity index (χ1) is 8.66. The van der Waals surface area contributed by atoms with Crippen LogP contribution in [0.3, 0.4) is 0 Å². The van der Waals surface area contributed by atoms with Crippen molar-refractivity contribution in [1.82, 2.24) is 9.66 Å². The highest BCUT2D eigenvalue weighted by Gasteiger charge is 2.17. The summed E-state index contributed by atoms with van der Waals surface area (Å²) in [6, 6.07) is 4.32. The molecule has 3 rings (SSSR count). The number of nitrogen functional groups attached to an aromatic ring is 1. The van der Waals surface area contributed by atoms with Gasteiger partial charge < -0.3 is 10.7 Å². The molecule has 0 bridgehead atoms. The van der Waals surface area contributed by atoms with Crippen LogP contribution in [-0.2, 0) is 0 Å². The van der Waals surface area contributed by atoms with E-state index in [-0.39, 0.29) is 0 Å². The maximum atomic E-state index is 6.09. The fourth-order valence-electron chi connectivity index (χ4n) is 2.71. The van der Waals surface area contributed by atoms with Gasteiger partial charge in [-0.3, -0.25) is 0 Å². The minimum Gasteiger partial charge on any atom is -0.368 e. The van der Waals surface area contributed by atoms with Crippen LogP contribution in [0, 0.1) is 13.8 Å². The summed E-state index contributed by atoms with van der Waals surface area (Å²) in [5, 5.41) is 2.32. The molecule has 1 aliphatic rings. The largest absolute Gasteiger partial charge is 0.368 e. The molecule has 4 heteroatoms. The van der Waals surface area contributed by atoms with Gasteiger partial charge in [-0.1, -0.05) is 0 Å². The number of benzene rings is 1. The van der Waals surface area contributed by atoms with Crippen molar-refractivity contribution in [3.63, 3.8) is 0 Å². The van der Waals surface area contributed by atoms with E-state index in [9.17, 15) is 0 Å². The second kappa shape index (κ2) is 4.19. The Morgan fingerprint density at radius 3 is 2.44 bits per heavy atom. The first kappa shape index (κ1) is 11.4. The van der Waals surface area contributed by atoms with Crippen LogP contribution in [0.2, 0.25) is 0 Å². The summed E-state index contributed by atoms with van der Waals surface area (Å²) in [6.07, 6.45) is 3.80. The summed E-state index contributed by atoms with van der Waals surface area (Å²) in [6.45, 7) is 6.40. The fourth-order valence-corrected chi connectivity index (χ4v) is 2.71. The SMILES string of the molecule is Cc1cc2nc(N)n(N3CCCCC3)c2cc1C. The van der Waals surface area contributed by atoms with Crippen molar-refractivity contribution in [1.29, 1.82) is 0 Å². The maximum absolute atomic E-state index is 6.09. The lowest BCUT2D eigenvalue weighted by atomic mass is 10.1. The smallest absolute Gasteiger partial charge is 0.220 e. The predicted molar refractivity (Wildman–Crippen MR) is 75.4 cm³/mol. The molecule has 18 heavy (non-hydrogen) atoms. The molecule has 4 nitrogen and oxygen atoms in total. The quantitative estimate of drug-likeness (QED) is 0.837. The Bertz CT molecular complexity index is 579. The van der Waals surface area contributed by atoms with Gasteiger partial charge in [-0.25, -0.2) is 9.66 Å². The van der Waals surface area contributed by atoms with Crippen LogP contribution in [0.4, 0.5) is 5.95 Å². The summed E-state index contributed by atoms with van der Waals surface area (Å²) in [5.41, 5.74) is 10.8. The van der Waals surface area contributed by atoms with E-state index in [0.29, 0.717) is 5.95 Å². The standard InChI is InChI=1S/C14H20N4/c1-10-8-12-13(9-11(10)2)18(14(15)16-12)17-6-4-3-5-7-17/h8-9H,3-7H2,1-2H3,(H2,15,16). The highest BCUT2D eigenvalue weighted by Crippen LogP contribution is 2.23. The van der Waals surface area contributed by atoms with Crippen molar-refractivity contribution >= 4 is 17.0 Å². The summed E-state index contributed by atoms with van der Waals surface area (Å²) in [5.74, 6) is 0.608. The van der Waals surface area contributed by atoms with Gasteiger partial charge in [-0.15, -0.1) is 0 Å². The molecule has 1 fully saturated rings. The molecule has 2 heterocycles. The molecule has 1 aromatic heterocycles. The molecule has 2 N–H and O–H groups in total. The van der Waals surface area contributed by atoms with Gasteiger partial charge >= 0.3 is 0 Å². The molecule has 0 saturated carbocycles. The van der Waals surface area contributed by atoms with Crippen molar-refractivity contribution in [2.24, 2.45) is 0 Å².